The number of rotatable bonds is 3. The molecule has 1 aromatic heterocycles. The maximum atomic E-state index is 9.04. The molecule has 0 unspecified atom stereocenters. The lowest BCUT2D eigenvalue weighted by molar-refractivity contribution is 0.238. The van der Waals surface area contributed by atoms with Crippen molar-refractivity contribution in [3.63, 3.8) is 0 Å². The van der Waals surface area contributed by atoms with Gasteiger partial charge in [-0.2, -0.15) is 0 Å². The average Bonchev–Trinajstić information content (AvgIpc) is 2.46. The molecule has 0 aromatic carbocycles. The number of hydrogen-bond donors (Lipinski definition) is 2. The fourth-order valence-corrected chi connectivity index (χ4v) is 3.07. The van der Waals surface area contributed by atoms with E-state index in [-0.39, 0.29) is 5.84 Å². The lowest BCUT2D eigenvalue weighted by Crippen LogP contribution is -2.39. The lowest BCUT2D eigenvalue weighted by atomic mass is 9.78. The van der Waals surface area contributed by atoms with Crippen molar-refractivity contribution in [2.24, 2.45) is 16.3 Å². The zero-order valence-corrected chi connectivity index (χ0v) is 13.5. The van der Waals surface area contributed by atoms with Crippen LogP contribution < -0.4 is 10.6 Å². The maximum Gasteiger partial charge on any atom is 0.174 e. The molecular formula is C16H26N4O. The van der Waals surface area contributed by atoms with Gasteiger partial charge in [0.25, 0.3) is 0 Å². The Balaban J connectivity index is 2.36. The minimum Gasteiger partial charge on any atom is -0.409 e. The van der Waals surface area contributed by atoms with Crippen LogP contribution in [0.4, 0.5) is 5.69 Å². The van der Waals surface area contributed by atoms with Crippen molar-refractivity contribution in [3.8, 4) is 0 Å². The van der Waals surface area contributed by atoms with Crippen LogP contribution in [0.25, 0.3) is 0 Å². The van der Waals surface area contributed by atoms with Gasteiger partial charge in [-0.1, -0.05) is 25.4 Å². The number of oxime groups is 1. The van der Waals surface area contributed by atoms with Crippen LogP contribution >= 0.6 is 0 Å². The Bertz CT molecular complexity index is 545. The zero-order chi connectivity index (χ0) is 15.6. The number of pyridine rings is 1. The van der Waals surface area contributed by atoms with E-state index in [9.17, 15) is 0 Å². The molecule has 0 atom stereocenters. The molecule has 1 fully saturated rings. The number of hydrogen-bond acceptors (Lipinski definition) is 4. The van der Waals surface area contributed by atoms with Gasteiger partial charge in [0, 0.05) is 18.8 Å². The summed E-state index contributed by atoms with van der Waals surface area (Å²) in [6.07, 6.45) is 3.54. The largest absolute Gasteiger partial charge is 0.409 e. The summed E-state index contributed by atoms with van der Waals surface area (Å²) in [6, 6.07) is 2.04. The van der Waals surface area contributed by atoms with E-state index in [1.54, 1.807) is 0 Å². The fraction of sp³-hybridized carbons (Fsp3) is 0.625. The van der Waals surface area contributed by atoms with Crippen LogP contribution in [0.2, 0.25) is 0 Å². The molecule has 0 radical (unpaired) electrons. The van der Waals surface area contributed by atoms with Gasteiger partial charge in [-0.25, -0.2) is 0 Å². The predicted octanol–water partition coefficient (Wildman–Crippen LogP) is 2.81. The number of aryl methyl sites for hydroxylation is 2. The Labute approximate surface area is 126 Å². The summed E-state index contributed by atoms with van der Waals surface area (Å²) in [7, 11) is 0. The van der Waals surface area contributed by atoms with Crippen molar-refractivity contribution >= 4 is 11.5 Å². The second-order valence-electron chi connectivity index (χ2n) is 6.38. The predicted molar refractivity (Wildman–Crippen MR) is 86.1 cm³/mol. The van der Waals surface area contributed by atoms with E-state index in [4.69, 9.17) is 10.9 Å². The normalized spacial score (nSPS) is 18.9. The van der Waals surface area contributed by atoms with Crippen molar-refractivity contribution in [1.29, 1.82) is 0 Å². The molecule has 0 aliphatic carbocycles. The molecule has 0 bridgehead atoms. The first-order valence-electron chi connectivity index (χ1n) is 7.61. The molecule has 1 saturated heterocycles. The molecule has 5 heteroatoms. The molecule has 1 aliphatic heterocycles. The van der Waals surface area contributed by atoms with Gasteiger partial charge in [-0.15, -0.1) is 0 Å². The average molecular weight is 290 g/mol. The molecular weight excluding hydrogens is 264 g/mol. The van der Waals surface area contributed by atoms with Crippen molar-refractivity contribution in [2.75, 3.05) is 18.0 Å². The van der Waals surface area contributed by atoms with E-state index in [0.717, 1.165) is 35.7 Å². The van der Waals surface area contributed by atoms with Crippen LogP contribution in [0, 0.1) is 19.3 Å². The van der Waals surface area contributed by atoms with Crippen molar-refractivity contribution in [2.45, 2.75) is 47.0 Å². The zero-order valence-electron chi connectivity index (χ0n) is 13.5. The number of amidine groups is 1. The summed E-state index contributed by atoms with van der Waals surface area (Å²) >= 11 is 0. The molecule has 5 nitrogen and oxygen atoms in total. The first kappa shape index (κ1) is 15.6. The molecule has 116 valence electrons. The van der Waals surface area contributed by atoms with Crippen LogP contribution in [0.5, 0.6) is 0 Å². The number of piperidine rings is 1. The SMILES string of the molecule is CCC1(C)CCN(c2cc(C)nc(C)c2/C(N)=N/O)CC1. The highest BCUT2D eigenvalue weighted by molar-refractivity contribution is 6.03. The van der Waals surface area contributed by atoms with Crippen LogP contribution in [-0.4, -0.2) is 29.1 Å². The van der Waals surface area contributed by atoms with Crippen LogP contribution in [0.3, 0.4) is 0 Å². The number of anilines is 1. The highest BCUT2D eigenvalue weighted by Gasteiger charge is 2.30. The van der Waals surface area contributed by atoms with Crippen LogP contribution in [0.1, 0.15) is 50.1 Å². The molecule has 0 saturated carbocycles. The first-order chi connectivity index (χ1) is 9.90. The van der Waals surface area contributed by atoms with Gasteiger partial charge in [0.15, 0.2) is 5.84 Å². The van der Waals surface area contributed by atoms with Gasteiger partial charge in [-0.3, -0.25) is 4.98 Å². The summed E-state index contributed by atoms with van der Waals surface area (Å²) in [5.41, 5.74) is 9.86. The highest BCUT2D eigenvalue weighted by atomic mass is 16.4. The van der Waals surface area contributed by atoms with Gasteiger partial charge < -0.3 is 15.8 Å². The summed E-state index contributed by atoms with van der Waals surface area (Å²) in [5, 5.41) is 12.2. The summed E-state index contributed by atoms with van der Waals surface area (Å²) in [4.78, 5) is 6.78. The quantitative estimate of drug-likeness (QED) is 0.388. The second kappa shape index (κ2) is 5.92. The third-order valence-electron chi connectivity index (χ3n) is 4.84. The molecule has 1 aromatic rings. The van der Waals surface area contributed by atoms with Gasteiger partial charge in [-0.05, 0) is 38.2 Å². The number of nitrogens with two attached hydrogens (primary N) is 1. The Morgan fingerprint density at radius 3 is 2.57 bits per heavy atom. The second-order valence-corrected chi connectivity index (χ2v) is 6.38. The summed E-state index contributed by atoms with van der Waals surface area (Å²) in [6.45, 7) is 10.5. The van der Waals surface area contributed by atoms with Crippen LogP contribution in [0.15, 0.2) is 11.2 Å². The molecule has 1 aliphatic rings. The van der Waals surface area contributed by atoms with Gasteiger partial charge in [0.2, 0.25) is 0 Å². The number of nitrogens with zero attached hydrogens (tertiary/aromatic N) is 3. The van der Waals surface area contributed by atoms with Gasteiger partial charge in [0.1, 0.15) is 0 Å². The van der Waals surface area contributed by atoms with E-state index in [1.807, 2.05) is 19.9 Å². The van der Waals surface area contributed by atoms with Crippen LogP contribution in [-0.2, 0) is 0 Å². The molecule has 2 rings (SSSR count). The van der Waals surface area contributed by atoms with Crippen molar-refractivity contribution in [1.82, 2.24) is 4.98 Å². The third-order valence-corrected chi connectivity index (χ3v) is 4.84. The van der Waals surface area contributed by atoms with E-state index in [1.165, 1.54) is 19.3 Å². The molecule has 2 heterocycles. The third kappa shape index (κ3) is 3.12. The fourth-order valence-electron chi connectivity index (χ4n) is 3.07. The molecule has 21 heavy (non-hydrogen) atoms. The molecule has 0 amide bonds. The summed E-state index contributed by atoms with van der Waals surface area (Å²) in [5.74, 6) is 0.138. The van der Waals surface area contributed by atoms with E-state index in [0.29, 0.717) is 5.41 Å². The smallest absolute Gasteiger partial charge is 0.174 e. The van der Waals surface area contributed by atoms with E-state index >= 15 is 0 Å². The molecule has 3 N–H and O–H groups in total. The van der Waals surface area contributed by atoms with E-state index < -0.39 is 0 Å². The Morgan fingerprint density at radius 2 is 2.05 bits per heavy atom. The monoisotopic (exact) mass is 290 g/mol. The highest BCUT2D eigenvalue weighted by Crippen LogP contribution is 2.36. The maximum absolute atomic E-state index is 9.04. The number of aromatic nitrogens is 1. The minimum absolute atomic E-state index is 0.138. The Morgan fingerprint density at radius 1 is 1.43 bits per heavy atom. The topological polar surface area (TPSA) is 74.7 Å². The van der Waals surface area contributed by atoms with Crippen molar-refractivity contribution in [3.05, 3.63) is 23.0 Å². The lowest BCUT2D eigenvalue weighted by Gasteiger charge is -2.40. The van der Waals surface area contributed by atoms with Gasteiger partial charge in [0.05, 0.1) is 16.9 Å². The Kier molecular flexibility index (Phi) is 4.40. The van der Waals surface area contributed by atoms with Crippen molar-refractivity contribution < 1.29 is 5.21 Å². The Hall–Kier alpha value is -1.78. The van der Waals surface area contributed by atoms with Gasteiger partial charge >= 0.3 is 0 Å². The molecule has 0 spiro atoms. The van der Waals surface area contributed by atoms with E-state index in [2.05, 4.69) is 28.9 Å². The summed E-state index contributed by atoms with van der Waals surface area (Å²) < 4.78 is 0. The standard InChI is InChI=1S/C16H26N4O/c1-5-16(4)6-8-20(9-7-16)13-10-11(2)18-12(3)14(13)15(17)19-21/h10,21H,5-9H2,1-4H3,(H2,17,19). The minimum atomic E-state index is 0.138. The first-order valence-corrected chi connectivity index (χ1v) is 7.61.